The predicted octanol–water partition coefficient (Wildman–Crippen LogP) is 1.71. The van der Waals surface area contributed by atoms with E-state index in [0.717, 1.165) is 5.56 Å². The summed E-state index contributed by atoms with van der Waals surface area (Å²) in [4.78, 5) is 13.4. The third-order valence-corrected chi connectivity index (χ3v) is 1.67. The molecule has 0 aliphatic carbocycles. The number of rotatable bonds is 1. The Morgan fingerprint density at radius 2 is 2.18 bits per heavy atom. The van der Waals surface area contributed by atoms with Crippen molar-refractivity contribution in [2.45, 2.75) is 20.5 Å². The molecule has 62 valence electrons. The second-order valence-corrected chi connectivity index (χ2v) is 2.58. The van der Waals surface area contributed by atoms with Gasteiger partial charge in [0.05, 0.1) is 5.69 Å². The minimum atomic E-state index is -0.610. The van der Waals surface area contributed by atoms with E-state index in [4.69, 9.17) is 0 Å². The summed E-state index contributed by atoms with van der Waals surface area (Å²) in [5, 5.41) is 0. The van der Waals surface area contributed by atoms with Crippen molar-refractivity contribution in [3.8, 4) is 0 Å². The van der Waals surface area contributed by atoms with E-state index in [1.165, 1.54) is 0 Å². The smallest absolute Gasteiger partial charge is 0.251 e. The number of H-pyrrole nitrogens is 1. The lowest BCUT2D eigenvalue weighted by atomic mass is 10.2. The molecule has 0 radical (unpaired) electrons. The van der Waals surface area contributed by atoms with Crippen LogP contribution in [-0.4, -0.2) is 4.98 Å². The number of pyridine rings is 1. The highest BCUT2D eigenvalue weighted by molar-refractivity contribution is 5.22. The lowest BCUT2D eigenvalue weighted by Gasteiger charge is -2.00. The zero-order valence-electron chi connectivity index (χ0n) is 6.57. The minimum absolute atomic E-state index is 0. The molecule has 1 aromatic heterocycles. The van der Waals surface area contributed by atoms with Crippen molar-refractivity contribution in [2.75, 3.05) is 0 Å². The van der Waals surface area contributed by atoms with Gasteiger partial charge in [-0.1, -0.05) is 0 Å². The van der Waals surface area contributed by atoms with Crippen molar-refractivity contribution < 1.29 is 5.82 Å². The summed E-state index contributed by atoms with van der Waals surface area (Å²) >= 11 is 0. The average Bonchev–Trinajstić information content (AvgIpc) is 1.97. The van der Waals surface area contributed by atoms with Gasteiger partial charge in [-0.05, 0) is 25.5 Å². The quantitative estimate of drug-likeness (QED) is 0.661. The Morgan fingerprint density at radius 3 is 2.73 bits per heavy atom. The largest absolute Gasteiger partial charge is 0.323 e. The molecule has 11 heavy (non-hydrogen) atoms. The molecule has 0 aromatic carbocycles. The molecule has 0 bridgehead atoms. The van der Waals surface area contributed by atoms with Gasteiger partial charge in [-0.25, -0.2) is 4.39 Å². The summed E-state index contributed by atoms with van der Waals surface area (Å²) in [6.07, 6.45) is 0. The van der Waals surface area contributed by atoms with Gasteiger partial charge >= 0.3 is 0 Å². The van der Waals surface area contributed by atoms with Gasteiger partial charge in [0.15, 0.2) is 0 Å². The highest BCUT2D eigenvalue weighted by Gasteiger charge is 2.00. The van der Waals surface area contributed by atoms with E-state index in [2.05, 4.69) is 4.98 Å². The summed E-state index contributed by atoms with van der Waals surface area (Å²) in [6.45, 7) is 2.87. The van der Waals surface area contributed by atoms with Gasteiger partial charge in [-0.15, -0.1) is 0 Å². The van der Waals surface area contributed by atoms with Crippen LogP contribution in [-0.2, 0) is 6.67 Å². The molecule has 0 spiro atoms. The van der Waals surface area contributed by atoms with E-state index in [-0.39, 0.29) is 6.99 Å². The fourth-order valence-electron chi connectivity index (χ4n) is 0.950. The first-order valence-electron chi connectivity index (χ1n) is 3.40. The van der Waals surface area contributed by atoms with Crippen LogP contribution >= 0.6 is 0 Å². The number of hydrogen-bond acceptors (Lipinski definition) is 1. The Morgan fingerprint density at radius 1 is 1.55 bits per heavy atom. The van der Waals surface area contributed by atoms with Gasteiger partial charge in [-0.2, -0.15) is 0 Å². The summed E-state index contributed by atoms with van der Waals surface area (Å²) in [7, 11) is 0. The maximum Gasteiger partial charge on any atom is 0.251 e. The van der Waals surface area contributed by atoms with Crippen LogP contribution < -0.4 is 5.56 Å². The third-order valence-electron chi connectivity index (χ3n) is 1.67. The lowest BCUT2D eigenvalue weighted by molar-refractivity contribution is 0.473. The number of nitrogens with one attached hydrogen (secondary N) is 1. The number of halogens is 1. The van der Waals surface area contributed by atoms with Crippen molar-refractivity contribution in [1.82, 2.24) is 4.98 Å². The van der Waals surface area contributed by atoms with Crippen LogP contribution in [0.25, 0.3) is 0 Å². The SMILES string of the molecule is Cc1cc(C)c(=O)[nH]c1CF.[HH]. The van der Waals surface area contributed by atoms with Gasteiger partial charge in [0, 0.05) is 6.99 Å². The number of alkyl halides is 1. The zero-order valence-corrected chi connectivity index (χ0v) is 6.57. The highest BCUT2D eigenvalue weighted by atomic mass is 19.1. The fraction of sp³-hybridized carbons (Fsp3) is 0.375. The van der Waals surface area contributed by atoms with E-state index < -0.39 is 6.67 Å². The molecule has 1 heterocycles. The number of aryl methyl sites for hydroxylation is 2. The van der Waals surface area contributed by atoms with Crippen LogP contribution in [0, 0.1) is 13.8 Å². The Balaban J connectivity index is 0.00000121. The molecule has 1 N–H and O–H groups in total. The molecule has 0 amide bonds. The molecule has 0 unspecified atom stereocenters. The molecule has 0 fully saturated rings. The second kappa shape index (κ2) is 2.86. The molecule has 0 aliphatic rings. The second-order valence-electron chi connectivity index (χ2n) is 2.58. The lowest BCUT2D eigenvalue weighted by Crippen LogP contribution is -2.12. The van der Waals surface area contributed by atoms with Gasteiger partial charge < -0.3 is 4.98 Å². The Bertz CT molecular complexity index is 321. The number of hydrogen-bond donors (Lipinski definition) is 1. The van der Waals surface area contributed by atoms with E-state index >= 15 is 0 Å². The van der Waals surface area contributed by atoms with E-state index in [1.54, 1.807) is 19.9 Å². The zero-order chi connectivity index (χ0) is 8.43. The van der Waals surface area contributed by atoms with Crippen molar-refractivity contribution in [3.05, 3.63) is 33.2 Å². The van der Waals surface area contributed by atoms with Gasteiger partial charge in [0.25, 0.3) is 5.56 Å². The van der Waals surface area contributed by atoms with Crippen molar-refractivity contribution in [2.24, 2.45) is 0 Å². The summed E-state index contributed by atoms with van der Waals surface area (Å²) in [5.74, 6) is 0. The molecule has 0 atom stereocenters. The van der Waals surface area contributed by atoms with E-state index in [1.807, 2.05) is 0 Å². The first-order chi connectivity index (χ1) is 5.15. The van der Waals surface area contributed by atoms with E-state index in [9.17, 15) is 9.18 Å². The first-order valence-corrected chi connectivity index (χ1v) is 3.40. The van der Waals surface area contributed by atoms with E-state index in [0.29, 0.717) is 11.3 Å². The molecular formula is C8H12FNO. The maximum atomic E-state index is 12.1. The van der Waals surface area contributed by atoms with Crippen molar-refractivity contribution >= 4 is 0 Å². The van der Waals surface area contributed by atoms with Crippen LogP contribution in [0.4, 0.5) is 4.39 Å². The average molecular weight is 157 g/mol. The molecule has 0 saturated carbocycles. The minimum Gasteiger partial charge on any atom is -0.323 e. The monoisotopic (exact) mass is 157 g/mol. The van der Waals surface area contributed by atoms with Crippen LogP contribution in [0.15, 0.2) is 10.9 Å². The predicted molar refractivity (Wildman–Crippen MR) is 43.5 cm³/mol. The van der Waals surface area contributed by atoms with Gasteiger partial charge in [0.2, 0.25) is 0 Å². The number of aromatic nitrogens is 1. The van der Waals surface area contributed by atoms with Crippen LogP contribution in [0.5, 0.6) is 0 Å². The fourth-order valence-corrected chi connectivity index (χ4v) is 0.950. The molecule has 1 rings (SSSR count). The normalized spacial score (nSPS) is 10.1. The third kappa shape index (κ3) is 1.48. The van der Waals surface area contributed by atoms with Crippen LogP contribution in [0.3, 0.4) is 0 Å². The first kappa shape index (κ1) is 7.98. The molecule has 0 aliphatic heterocycles. The van der Waals surface area contributed by atoms with Crippen LogP contribution in [0.2, 0.25) is 0 Å². The molecule has 1 aromatic rings. The Kier molecular flexibility index (Phi) is 2.08. The van der Waals surface area contributed by atoms with Gasteiger partial charge in [0.1, 0.15) is 6.67 Å². The summed E-state index contributed by atoms with van der Waals surface area (Å²) < 4.78 is 12.1. The topological polar surface area (TPSA) is 32.9 Å². The molecule has 0 saturated heterocycles. The number of aromatic amines is 1. The van der Waals surface area contributed by atoms with Gasteiger partial charge in [-0.3, -0.25) is 4.79 Å². The molecular weight excluding hydrogens is 145 g/mol. The molecule has 2 nitrogen and oxygen atoms in total. The molecule has 3 heteroatoms. The Hall–Kier alpha value is -1.12. The van der Waals surface area contributed by atoms with Crippen molar-refractivity contribution in [1.29, 1.82) is 0 Å². The highest BCUT2D eigenvalue weighted by Crippen LogP contribution is 2.04. The summed E-state index contributed by atoms with van der Waals surface area (Å²) in [6, 6.07) is 1.69. The van der Waals surface area contributed by atoms with Crippen molar-refractivity contribution in [3.63, 3.8) is 0 Å². The Labute approximate surface area is 65.6 Å². The standard InChI is InChI=1S/C8H10FNO.H2/c1-5-3-6(2)8(11)10-7(5)4-9;/h3H,4H2,1-2H3,(H,10,11);1H. The maximum absolute atomic E-state index is 12.1. The van der Waals surface area contributed by atoms with Crippen LogP contribution in [0.1, 0.15) is 18.2 Å². The summed E-state index contributed by atoms with van der Waals surface area (Å²) in [5.41, 5.74) is 1.59.